The number of rotatable bonds is 40. The lowest BCUT2D eigenvalue weighted by molar-refractivity contribution is -0.870. The Balaban J connectivity index is 2.54. The number of hydroxylamine groups is 2. The van der Waals surface area contributed by atoms with Crippen molar-refractivity contribution in [1.29, 1.82) is 0 Å². The number of nitrogens with zero attached hydrogens (tertiary/aromatic N) is 2. The van der Waals surface area contributed by atoms with Gasteiger partial charge in [0.2, 0.25) is 0 Å². The molecular weight excluding hydrogens is 771 g/mol. The zero-order chi connectivity index (χ0) is 43.9. The second-order valence-electron chi connectivity index (χ2n) is 18.9. The highest BCUT2D eigenvalue weighted by molar-refractivity contribution is 7.47. The summed E-state index contributed by atoms with van der Waals surface area (Å²) in [7, 11) is 1.39. The van der Waals surface area contributed by atoms with Gasteiger partial charge in [-0.05, 0) is 52.4 Å². The van der Waals surface area contributed by atoms with Gasteiger partial charge < -0.3 is 28.8 Å². The molecule has 0 spiro atoms. The molecule has 0 aromatic heterocycles. The molecule has 3 atom stereocenters. The van der Waals surface area contributed by atoms with Crippen LogP contribution in [-0.4, -0.2) is 103 Å². The fraction of sp³-hybridized carbons (Fsp3) is 0.957. The molecule has 3 unspecified atom stereocenters. The third-order valence-corrected chi connectivity index (χ3v) is 12.4. The first-order valence-corrected chi connectivity index (χ1v) is 25.5. The van der Waals surface area contributed by atoms with Gasteiger partial charge in [0.05, 0.1) is 39.9 Å². The predicted octanol–water partition coefficient (Wildman–Crippen LogP) is 11.8. The quantitative estimate of drug-likeness (QED) is 0.0263. The van der Waals surface area contributed by atoms with E-state index in [-0.39, 0.29) is 26.1 Å². The van der Waals surface area contributed by atoms with Gasteiger partial charge in [0.15, 0.2) is 6.10 Å². The second kappa shape index (κ2) is 32.5. The molecule has 0 aliphatic carbocycles. The van der Waals surface area contributed by atoms with Crippen LogP contribution < -0.4 is 0 Å². The van der Waals surface area contributed by atoms with E-state index in [2.05, 4.69) is 13.8 Å². The van der Waals surface area contributed by atoms with Gasteiger partial charge in [-0.3, -0.25) is 18.6 Å². The van der Waals surface area contributed by atoms with Crippen LogP contribution in [0.1, 0.15) is 214 Å². The molecule has 1 saturated heterocycles. The molecule has 350 valence electrons. The lowest BCUT2D eigenvalue weighted by Gasteiger charge is -2.37. The van der Waals surface area contributed by atoms with E-state index in [1.807, 2.05) is 35.0 Å². The third-order valence-electron chi connectivity index (χ3n) is 11.4. The van der Waals surface area contributed by atoms with Gasteiger partial charge >= 0.3 is 19.8 Å². The van der Waals surface area contributed by atoms with Crippen molar-refractivity contribution in [1.82, 2.24) is 5.06 Å². The van der Waals surface area contributed by atoms with Crippen molar-refractivity contribution in [3.05, 3.63) is 0 Å². The van der Waals surface area contributed by atoms with Crippen LogP contribution in [0.5, 0.6) is 0 Å². The Hall–Kier alpha value is -1.11. The van der Waals surface area contributed by atoms with Crippen LogP contribution in [0.2, 0.25) is 0 Å². The summed E-state index contributed by atoms with van der Waals surface area (Å²) < 4.78 is 40.9. The first kappa shape index (κ1) is 55.9. The van der Waals surface area contributed by atoms with Crippen LogP contribution in [-0.2, 0) is 37.4 Å². The molecule has 13 heteroatoms. The maximum atomic E-state index is 13.0. The van der Waals surface area contributed by atoms with Crippen molar-refractivity contribution in [3.8, 4) is 0 Å². The average molecular weight is 864 g/mol. The lowest BCUT2D eigenvalue weighted by Crippen LogP contribution is -2.50. The van der Waals surface area contributed by atoms with E-state index >= 15 is 0 Å². The smallest absolute Gasteiger partial charge is 0.462 e. The Morgan fingerprint density at radius 1 is 0.661 bits per heavy atom. The van der Waals surface area contributed by atoms with Gasteiger partial charge in [-0.15, -0.1) is 0 Å². The highest BCUT2D eigenvalue weighted by Gasteiger charge is 2.50. The summed E-state index contributed by atoms with van der Waals surface area (Å²) in [4.78, 5) is 35.9. The number of hydrogen-bond donors (Lipinski definition) is 2. The molecule has 1 rings (SSSR count). The summed E-state index contributed by atoms with van der Waals surface area (Å²) in [5.41, 5.74) is -1.19. The number of unbranched alkanes of at least 4 members (excludes halogenated alkanes) is 22. The lowest BCUT2D eigenvalue weighted by atomic mass is 9.95. The normalized spacial score (nSPS) is 18.5. The maximum absolute atomic E-state index is 13.0. The van der Waals surface area contributed by atoms with Crippen molar-refractivity contribution >= 4 is 19.8 Å². The number of phosphoric acid groups is 1. The van der Waals surface area contributed by atoms with Gasteiger partial charge in [0.1, 0.15) is 25.5 Å². The molecule has 0 bridgehead atoms. The van der Waals surface area contributed by atoms with Crippen LogP contribution >= 0.6 is 7.82 Å². The summed E-state index contributed by atoms with van der Waals surface area (Å²) in [6, 6.07) is 0. The Kier molecular flexibility index (Phi) is 30.8. The number of likely N-dealkylation sites (N-methyl/N-ethyl adjacent to an activating group) is 1. The van der Waals surface area contributed by atoms with Crippen LogP contribution in [0.15, 0.2) is 0 Å². The zero-order valence-electron chi connectivity index (χ0n) is 39.1. The molecule has 12 nitrogen and oxygen atoms in total. The topological polar surface area (TPSA) is 141 Å². The largest absolute Gasteiger partial charge is 0.472 e. The standard InChI is InChI=1S/C46H91N2O10P/c1-8-10-12-14-16-18-19-20-21-22-24-26-29-33-43(49)54-39-42(40-57-59(52,53)56-38-37-48(5,6)7)58-44(50)34-30-28-32-36-46(47(51)45(3,4)41-55-46)35-31-27-25-23-17-15-13-11-9-2/h42,51H,8-41H2,1-7H3/p+1. The van der Waals surface area contributed by atoms with E-state index in [1.165, 1.54) is 114 Å². The Labute approximate surface area is 361 Å². The minimum absolute atomic E-state index is 0.00685. The van der Waals surface area contributed by atoms with Crippen molar-refractivity contribution in [2.24, 2.45) is 0 Å². The number of carbonyl (C=O) groups is 2. The summed E-state index contributed by atoms with van der Waals surface area (Å²) in [6.45, 7) is 8.70. The number of phosphoric ester groups is 1. The summed E-state index contributed by atoms with van der Waals surface area (Å²) in [5, 5.41) is 12.6. The van der Waals surface area contributed by atoms with Gasteiger partial charge in [0.25, 0.3) is 0 Å². The van der Waals surface area contributed by atoms with Crippen LogP contribution in [0, 0.1) is 0 Å². The van der Waals surface area contributed by atoms with E-state index in [9.17, 15) is 24.3 Å². The molecule has 0 saturated carbocycles. The SMILES string of the molecule is CCCCCCCCCCCCCCCC(=O)OCC(COP(=O)(O)OCC[N+](C)(C)C)OC(=O)CCCCCC1(CCCCCCCCCCC)OCC(C)(C)N1O. The van der Waals surface area contributed by atoms with Crippen LogP contribution in [0.4, 0.5) is 0 Å². The van der Waals surface area contributed by atoms with Crippen molar-refractivity contribution in [2.75, 3.05) is 54.1 Å². The molecule has 1 fully saturated rings. The molecule has 0 aromatic rings. The minimum Gasteiger partial charge on any atom is -0.462 e. The Bertz CT molecular complexity index is 1120. The summed E-state index contributed by atoms with van der Waals surface area (Å²) in [5.74, 6) is -0.900. The molecule has 1 heterocycles. The first-order chi connectivity index (χ1) is 28.1. The third kappa shape index (κ3) is 29.0. The molecule has 2 N–H and O–H groups in total. The molecule has 1 aliphatic rings. The van der Waals surface area contributed by atoms with Gasteiger partial charge in [-0.2, -0.15) is 5.06 Å². The van der Waals surface area contributed by atoms with E-state index < -0.39 is 43.7 Å². The average Bonchev–Trinajstić information content (AvgIpc) is 3.40. The number of ether oxygens (including phenoxy) is 3. The van der Waals surface area contributed by atoms with Gasteiger partial charge in [0, 0.05) is 12.8 Å². The van der Waals surface area contributed by atoms with Gasteiger partial charge in [-0.25, -0.2) is 4.57 Å². The number of hydrogen-bond acceptors (Lipinski definition) is 10. The highest BCUT2D eigenvalue weighted by Crippen LogP contribution is 2.43. The van der Waals surface area contributed by atoms with E-state index in [0.29, 0.717) is 30.5 Å². The number of quaternary nitrogens is 1. The minimum atomic E-state index is -4.43. The van der Waals surface area contributed by atoms with E-state index in [0.717, 1.165) is 51.4 Å². The molecule has 0 aromatic carbocycles. The van der Waals surface area contributed by atoms with E-state index in [1.54, 1.807) is 0 Å². The predicted molar refractivity (Wildman–Crippen MR) is 237 cm³/mol. The first-order valence-electron chi connectivity index (χ1n) is 24.0. The van der Waals surface area contributed by atoms with E-state index in [4.69, 9.17) is 23.3 Å². The maximum Gasteiger partial charge on any atom is 0.472 e. The second-order valence-corrected chi connectivity index (χ2v) is 20.4. The number of carbonyl (C=O) groups excluding carboxylic acids is 2. The fourth-order valence-corrected chi connectivity index (χ4v) is 8.32. The molecule has 1 aliphatic heterocycles. The van der Waals surface area contributed by atoms with Gasteiger partial charge in [-0.1, -0.05) is 149 Å². The van der Waals surface area contributed by atoms with Crippen LogP contribution in [0.25, 0.3) is 0 Å². The Morgan fingerprint density at radius 3 is 1.53 bits per heavy atom. The molecular formula is C46H92N2O10P+. The molecule has 0 amide bonds. The molecule has 0 radical (unpaired) electrons. The fourth-order valence-electron chi connectivity index (χ4n) is 7.58. The summed E-state index contributed by atoms with van der Waals surface area (Å²) in [6.07, 6.45) is 29.6. The van der Waals surface area contributed by atoms with Crippen molar-refractivity contribution in [3.63, 3.8) is 0 Å². The van der Waals surface area contributed by atoms with Crippen molar-refractivity contribution in [2.45, 2.75) is 231 Å². The summed E-state index contributed by atoms with van der Waals surface area (Å²) >= 11 is 0. The Morgan fingerprint density at radius 2 is 1.08 bits per heavy atom. The van der Waals surface area contributed by atoms with Crippen LogP contribution in [0.3, 0.4) is 0 Å². The molecule has 59 heavy (non-hydrogen) atoms. The monoisotopic (exact) mass is 864 g/mol. The van der Waals surface area contributed by atoms with Crippen molar-refractivity contribution < 1.29 is 52.0 Å². The zero-order valence-corrected chi connectivity index (χ0v) is 40.0. The highest BCUT2D eigenvalue weighted by atomic mass is 31.2. The number of esters is 2.